The van der Waals surface area contributed by atoms with Crippen LogP contribution in [0.3, 0.4) is 0 Å². The summed E-state index contributed by atoms with van der Waals surface area (Å²) >= 11 is 6.01. The molecule has 0 fully saturated rings. The Morgan fingerprint density at radius 1 is 1.21 bits per heavy atom. The van der Waals surface area contributed by atoms with Gasteiger partial charge in [0.1, 0.15) is 12.4 Å². The lowest BCUT2D eigenvalue weighted by Crippen LogP contribution is -2.53. The Labute approximate surface area is 168 Å². The molecule has 0 aliphatic carbocycles. The van der Waals surface area contributed by atoms with Crippen molar-refractivity contribution in [1.29, 1.82) is 0 Å². The highest BCUT2D eigenvalue weighted by molar-refractivity contribution is 6.30. The second-order valence-electron chi connectivity index (χ2n) is 6.56. The van der Waals surface area contributed by atoms with E-state index in [1.54, 1.807) is 32.8 Å². The molecule has 9 heteroatoms. The third-order valence-electron chi connectivity index (χ3n) is 5.02. The van der Waals surface area contributed by atoms with E-state index in [1.807, 2.05) is 26.0 Å². The third kappa shape index (κ3) is 2.93. The smallest absolute Gasteiger partial charge is 0.331 e. The number of benzene rings is 1. The maximum absolute atomic E-state index is 13.2. The van der Waals surface area contributed by atoms with Crippen LogP contribution in [0.4, 0.5) is 10.6 Å². The second kappa shape index (κ2) is 7.27. The normalized spacial score (nSPS) is 15.4. The minimum Gasteiger partial charge on any atom is -0.342 e. The van der Waals surface area contributed by atoms with E-state index in [9.17, 15) is 9.59 Å². The number of amidine groups is 1. The van der Waals surface area contributed by atoms with E-state index in [4.69, 9.17) is 11.6 Å². The molecule has 0 saturated carbocycles. The van der Waals surface area contributed by atoms with E-state index >= 15 is 0 Å². The molecule has 0 N–H and O–H groups in total. The summed E-state index contributed by atoms with van der Waals surface area (Å²) < 4.78 is 1.66. The van der Waals surface area contributed by atoms with Crippen LogP contribution in [0.2, 0.25) is 5.02 Å². The average molecular weight is 401 g/mol. The van der Waals surface area contributed by atoms with Crippen LogP contribution in [0.5, 0.6) is 0 Å². The molecule has 0 saturated heterocycles. The van der Waals surface area contributed by atoms with Gasteiger partial charge in [0, 0.05) is 24.7 Å². The number of rotatable bonds is 5. The highest BCUT2D eigenvalue weighted by Crippen LogP contribution is 2.33. The predicted octanol–water partition coefficient (Wildman–Crippen LogP) is 2.40. The Kier molecular flexibility index (Phi) is 4.80. The number of amides is 3. The van der Waals surface area contributed by atoms with Crippen molar-refractivity contribution in [1.82, 2.24) is 19.6 Å². The van der Waals surface area contributed by atoms with E-state index in [0.29, 0.717) is 42.9 Å². The van der Waals surface area contributed by atoms with Crippen molar-refractivity contribution < 1.29 is 9.59 Å². The molecule has 4 rings (SSSR count). The fraction of sp³-hybridized carbons (Fsp3) is 0.368. The Bertz CT molecular complexity index is 948. The summed E-state index contributed by atoms with van der Waals surface area (Å²) in [6, 6.07) is 6.93. The van der Waals surface area contributed by atoms with Crippen molar-refractivity contribution in [3.8, 4) is 5.69 Å². The van der Waals surface area contributed by atoms with E-state index in [-0.39, 0.29) is 18.5 Å². The Hall–Kier alpha value is -2.87. The van der Waals surface area contributed by atoms with Gasteiger partial charge in [0.05, 0.1) is 24.0 Å². The van der Waals surface area contributed by atoms with Crippen molar-refractivity contribution in [3.05, 3.63) is 41.0 Å². The number of carbonyl (C=O) groups is 2. The number of carbonyl (C=O) groups excluding carboxylic acids is 2. The van der Waals surface area contributed by atoms with E-state index in [0.717, 1.165) is 11.3 Å². The molecule has 146 valence electrons. The van der Waals surface area contributed by atoms with Crippen molar-refractivity contribution >= 4 is 35.2 Å². The van der Waals surface area contributed by atoms with Crippen LogP contribution in [0.15, 0.2) is 35.5 Å². The van der Waals surface area contributed by atoms with Gasteiger partial charge in [-0.15, -0.1) is 0 Å². The number of hydrogen-bond acceptors (Lipinski definition) is 4. The zero-order valence-electron chi connectivity index (χ0n) is 15.8. The van der Waals surface area contributed by atoms with Gasteiger partial charge in [0.15, 0.2) is 5.82 Å². The number of halogens is 1. The molecular weight excluding hydrogens is 380 g/mol. The molecule has 0 atom stereocenters. The number of hydrogen-bond donors (Lipinski definition) is 0. The SMILES string of the molecule is CCN(CC)C(=O)CN1C(=O)N2CCN=C2c2cnn(-c3ccc(Cl)cc3)c21. The molecule has 2 aromatic rings. The van der Waals surface area contributed by atoms with Gasteiger partial charge in [-0.2, -0.15) is 5.10 Å². The summed E-state index contributed by atoms with van der Waals surface area (Å²) in [5.74, 6) is 1.07. The first-order valence-electron chi connectivity index (χ1n) is 9.30. The number of likely N-dealkylation sites (N-methyl/N-ethyl adjacent to an activating group) is 1. The number of fused-ring (bicyclic) bond motifs is 3. The monoisotopic (exact) mass is 400 g/mol. The summed E-state index contributed by atoms with van der Waals surface area (Å²) in [6.07, 6.45) is 1.70. The van der Waals surface area contributed by atoms with Crippen LogP contribution in [0, 0.1) is 0 Å². The second-order valence-corrected chi connectivity index (χ2v) is 7.00. The first kappa shape index (κ1) is 18.5. The molecule has 3 amide bonds. The van der Waals surface area contributed by atoms with Crippen LogP contribution in [-0.2, 0) is 4.79 Å². The van der Waals surface area contributed by atoms with Gasteiger partial charge in [-0.1, -0.05) is 11.6 Å². The fourth-order valence-electron chi connectivity index (χ4n) is 3.59. The summed E-state index contributed by atoms with van der Waals surface area (Å²) in [6.45, 7) is 6.05. The highest BCUT2D eigenvalue weighted by Gasteiger charge is 2.41. The Balaban J connectivity index is 1.80. The largest absolute Gasteiger partial charge is 0.342 e. The van der Waals surface area contributed by atoms with Gasteiger partial charge in [-0.3, -0.25) is 19.6 Å². The molecule has 0 spiro atoms. The van der Waals surface area contributed by atoms with E-state index < -0.39 is 0 Å². The maximum Gasteiger partial charge on any atom is 0.331 e. The number of urea groups is 1. The predicted molar refractivity (Wildman–Crippen MR) is 107 cm³/mol. The van der Waals surface area contributed by atoms with Gasteiger partial charge >= 0.3 is 6.03 Å². The molecule has 0 radical (unpaired) electrons. The number of aliphatic imine (C=N–C) groups is 1. The maximum atomic E-state index is 13.2. The molecule has 3 heterocycles. The summed E-state index contributed by atoms with van der Waals surface area (Å²) in [4.78, 5) is 35.3. The quantitative estimate of drug-likeness (QED) is 0.773. The highest BCUT2D eigenvalue weighted by atomic mass is 35.5. The third-order valence-corrected chi connectivity index (χ3v) is 5.28. The molecule has 1 aromatic heterocycles. The average Bonchev–Trinajstić information content (AvgIpc) is 3.34. The zero-order chi connectivity index (χ0) is 19.8. The van der Waals surface area contributed by atoms with Crippen LogP contribution in [0.1, 0.15) is 19.4 Å². The molecule has 1 aromatic carbocycles. The van der Waals surface area contributed by atoms with Gasteiger partial charge in [0.2, 0.25) is 5.91 Å². The van der Waals surface area contributed by atoms with Crippen LogP contribution in [0.25, 0.3) is 5.69 Å². The summed E-state index contributed by atoms with van der Waals surface area (Å²) in [5, 5.41) is 5.09. The lowest BCUT2D eigenvalue weighted by Gasteiger charge is -2.34. The van der Waals surface area contributed by atoms with E-state index in [2.05, 4.69) is 10.1 Å². The van der Waals surface area contributed by atoms with Crippen molar-refractivity contribution in [3.63, 3.8) is 0 Å². The lowest BCUT2D eigenvalue weighted by atomic mass is 10.2. The van der Waals surface area contributed by atoms with Gasteiger partial charge in [-0.05, 0) is 38.1 Å². The molecule has 0 bridgehead atoms. The minimum atomic E-state index is -0.250. The molecule has 2 aliphatic heterocycles. The summed E-state index contributed by atoms with van der Waals surface area (Å²) in [7, 11) is 0. The van der Waals surface area contributed by atoms with Crippen molar-refractivity contribution in [2.45, 2.75) is 13.8 Å². The fourth-order valence-corrected chi connectivity index (χ4v) is 3.71. The number of aromatic nitrogens is 2. The van der Waals surface area contributed by atoms with Crippen LogP contribution in [-0.4, -0.2) is 70.1 Å². The zero-order valence-corrected chi connectivity index (χ0v) is 16.6. The van der Waals surface area contributed by atoms with Gasteiger partial charge < -0.3 is 4.90 Å². The van der Waals surface area contributed by atoms with E-state index in [1.165, 1.54) is 4.90 Å². The van der Waals surface area contributed by atoms with Gasteiger partial charge in [0.25, 0.3) is 0 Å². The van der Waals surface area contributed by atoms with Crippen LogP contribution < -0.4 is 4.90 Å². The lowest BCUT2D eigenvalue weighted by molar-refractivity contribution is -0.129. The number of nitrogens with zero attached hydrogens (tertiary/aromatic N) is 6. The molecule has 28 heavy (non-hydrogen) atoms. The minimum absolute atomic E-state index is 0.0451. The first-order valence-corrected chi connectivity index (χ1v) is 9.68. The topological polar surface area (TPSA) is 74.0 Å². The van der Waals surface area contributed by atoms with Crippen LogP contribution >= 0.6 is 11.6 Å². The summed E-state index contributed by atoms with van der Waals surface area (Å²) in [5.41, 5.74) is 1.50. The van der Waals surface area contributed by atoms with Gasteiger partial charge in [-0.25, -0.2) is 9.48 Å². The first-order chi connectivity index (χ1) is 13.5. The number of anilines is 1. The standard InChI is InChI=1S/C19H21ClN6O2/c1-3-23(4-2)16(27)12-25-18-15(17-21-9-10-24(17)19(25)28)11-22-26(18)14-7-5-13(20)6-8-14/h5-8,11H,3-4,9-10,12H2,1-2H3. The molecule has 8 nitrogen and oxygen atoms in total. The van der Waals surface area contributed by atoms with Crippen molar-refractivity contribution in [2.75, 3.05) is 37.6 Å². The van der Waals surface area contributed by atoms with Crippen molar-refractivity contribution in [2.24, 2.45) is 4.99 Å². The Morgan fingerprint density at radius 3 is 2.61 bits per heavy atom. The molecular formula is C19H21ClN6O2. The molecule has 2 aliphatic rings. The Morgan fingerprint density at radius 2 is 1.93 bits per heavy atom. The molecule has 0 unspecified atom stereocenters.